The van der Waals surface area contributed by atoms with Crippen LogP contribution in [0.5, 0.6) is 0 Å². The highest BCUT2D eigenvalue weighted by molar-refractivity contribution is 7.98. The Labute approximate surface area is 149 Å². The number of aromatic nitrogens is 4. The molecule has 0 aliphatic carbocycles. The second kappa shape index (κ2) is 7.43. The molecule has 0 unspecified atom stereocenters. The number of benzene rings is 1. The van der Waals surface area contributed by atoms with Crippen molar-refractivity contribution >= 4 is 28.6 Å². The molecule has 8 heteroatoms. The van der Waals surface area contributed by atoms with Gasteiger partial charge in [0.25, 0.3) is 5.69 Å². The minimum atomic E-state index is -0.399. The van der Waals surface area contributed by atoms with Gasteiger partial charge in [0.15, 0.2) is 5.65 Å². The Hall–Kier alpha value is -2.74. The van der Waals surface area contributed by atoms with E-state index in [0.717, 1.165) is 28.3 Å². The summed E-state index contributed by atoms with van der Waals surface area (Å²) in [6, 6.07) is 6.55. The first-order valence-corrected chi connectivity index (χ1v) is 8.71. The number of imidazole rings is 1. The minimum absolute atomic E-state index is 0.0938. The molecule has 0 radical (unpaired) electrons. The lowest BCUT2D eigenvalue weighted by atomic mass is 10.2. The Morgan fingerprint density at radius 2 is 2.04 bits per heavy atom. The zero-order valence-electron chi connectivity index (χ0n) is 13.9. The number of nitro groups is 1. The van der Waals surface area contributed by atoms with Crippen LogP contribution in [0.3, 0.4) is 0 Å². The molecule has 0 amide bonds. The molecule has 0 fully saturated rings. The highest BCUT2D eigenvalue weighted by Crippen LogP contribution is 2.27. The van der Waals surface area contributed by atoms with Crippen LogP contribution in [-0.4, -0.2) is 24.4 Å². The van der Waals surface area contributed by atoms with Crippen LogP contribution in [0.1, 0.15) is 19.4 Å². The third kappa shape index (κ3) is 3.85. The van der Waals surface area contributed by atoms with Gasteiger partial charge >= 0.3 is 0 Å². The summed E-state index contributed by atoms with van der Waals surface area (Å²) in [4.78, 5) is 23.4. The predicted octanol–water partition coefficient (Wildman–Crippen LogP) is 3.99. The lowest BCUT2D eigenvalue weighted by molar-refractivity contribution is -0.384. The highest BCUT2D eigenvalue weighted by atomic mass is 32.2. The van der Waals surface area contributed by atoms with Crippen LogP contribution >= 0.6 is 11.8 Å². The Morgan fingerprint density at radius 1 is 1.28 bits per heavy atom. The molecule has 2 aromatic heterocycles. The van der Waals surface area contributed by atoms with E-state index in [-0.39, 0.29) is 5.69 Å². The van der Waals surface area contributed by atoms with E-state index in [0.29, 0.717) is 5.75 Å². The number of nitrogens with zero attached hydrogens (tertiary/aromatic N) is 5. The summed E-state index contributed by atoms with van der Waals surface area (Å²) in [6.45, 7) is 4.82. The fourth-order valence-corrected chi connectivity index (χ4v) is 3.20. The van der Waals surface area contributed by atoms with E-state index in [1.54, 1.807) is 36.5 Å². The topological polar surface area (TPSA) is 86.7 Å². The lowest BCUT2D eigenvalue weighted by Gasteiger charge is -2.05. The van der Waals surface area contributed by atoms with Crippen molar-refractivity contribution in [1.29, 1.82) is 0 Å². The number of hydrogen-bond acceptors (Lipinski definition) is 6. The summed E-state index contributed by atoms with van der Waals surface area (Å²) in [5, 5.41) is 11.5. The van der Waals surface area contributed by atoms with Crippen LogP contribution in [0.15, 0.2) is 53.6 Å². The SMILES string of the molecule is C/C=C(\C)Cn1cnc2c(SCc3ccc([N+](=O)[O-])cc3)ncnc21. The molecular formula is C17H17N5O2S. The average Bonchev–Trinajstić information content (AvgIpc) is 3.03. The van der Waals surface area contributed by atoms with E-state index in [1.165, 1.54) is 17.7 Å². The quantitative estimate of drug-likeness (QED) is 0.218. The van der Waals surface area contributed by atoms with E-state index >= 15 is 0 Å². The van der Waals surface area contributed by atoms with Gasteiger partial charge < -0.3 is 4.57 Å². The third-order valence-electron chi connectivity index (χ3n) is 3.80. The smallest absolute Gasteiger partial charge is 0.269 e. The summed E-state index contributed by atoms with van der Waals surface area (Å²) in [7, 11) is 0. The second-order valence-electron chi connectivity index (χ2n) is 5.57. The predicted molar refractivity (Wildman–Crippen MR) is 97.4 cm³/mol. The molecule has 0 spiro atoms. The van der Waals surface area contributed by atoms with E-state index in [9.17, 15) is 10.1 Å². The largest absolute Gasteiger partial charge is 0.311 e. The monoisotopic (exact) mass is 355 g/mol. The number of hydrogen-bond donors (Lipinski definition) is 0. The summed E-state index contributed by atoms with van der Waals surface area (Å²) in [6.07, 6.45) is 5.39. The van der Waals surface area contributed by atoms with Gasteiger partial charge in [-0.05, 0) is 19.4 Å². The number of fused-ring (bicyclic) bond motifs is 1. The fourth-order valence-electron chi connectivity index (χ4n) is 2.31. The first kappa shape index (κ1) is 17.1. The van der Waals surface area contributed by atoms with Gasteiger partial charge in [-0.1, -0.05) is 35.5 Å². The molecule has 1 aromatic carbocycles. The van der Waals surface area contributed by atoms with Crippen molar-refractivity contribution in [2.24, 2.45) is 0 Å². The highest BCUT2D eigenvalue weighted by Gasteiger charge is 2.11. The van der Waals surface area contributed by atoms with Crippen molar-refractivity contribution in [3.05, 3.63) is 64.2 Å². The molecule has 0 saturated heterocycles. The summed E-state index contributed by atoms with van der Waals surface area (Å²) >= 11 is 1.54. The molecule has 0 bridgehead atoms. The van der Waals surface area contributed by atoms with Crippen LogP contribution in [0.2, 0.25) is 0 Å². The molecule has 7 nitrogen and oxygen atoms in total. The molecule has 0 atom stereocenters. The van der Waals surface area contributed by atoms with Gasteiger partial charge in [0.1, 0.15) is 16.9 Å². The van der Waals surface area contributed by atoms with Crippen LogP contribution in [-0.2, 0) is 12.3 Å². The van der Waals surface area contributed by atoms with Crippen LogP contribution in [0, 0.1) is 10.1 Å². The lowest BCUT2D eigenvalue weighted by Crippen LogP contribution is -1.99. The van der Waals surface area contributed by atoms with Crippen molar-refractivity contribution in [2.45, 2.75) is 31.2 Å². The van der Waals surface area contributed by atoms with E-state index in [2.05, 4.69) is 28.0 Å². The van der Waals surface area contributed by atoms with Gasteiger partial charge in [-0.15, -0.1) is 0 Å². The molecule has 3 rings (SSSR count). The molecule has 0 aliphatic heterocycles. The first-order chi connectivity index (χ1) is 12.1. The summed E-state index contributed by atoms with van der Waals surface area (Å²) < 4.78 is 2.00. The molecule has 0 aliphatic rings. The average molecular weight is 355 g/mol. The number of rotatable bonds is 6. The molecule has 3 aromatic rings. The van der Waals surface area contributed by atoms with Crippen molar-refractivity contribution in [2.75, 3.05) is 0 Å². The maximum absolute atomic E-state index is 10.7. The van der Waals surface area contributed by atoms with Crippen molar-refractivity contribution in [1.82, 2.24) is 19.5 Å². The fraction of sp³-hybridized carbons (Fsp3) is 0.235. The van der Waals surface area contributed by atoms with Crippen LogP contribution in [0.4, 0.5) is 5.69 Å². The number of nitro benzene ring substituents is 1. The maximum atomic E-state index is 10.7. The van der Waals surface area contributed by atoms with Crippen LogP contribution < -0.4 is 0 Å². The summed E-state index contributed by atoms with van der Waals surface area (Å²) in [5.74, 6) is 0.658. The molecule has 25 heavy (non-hydrogen) atoms. The van der Waals surface area contributed by atoms with Gasteiger partial charge in [-0.3, -0.25) is 10.1 Å². The number of thioether (sulfide) groups is 1. The van der Waals surface area contributed by atoms with Crippen molar-refractivity contribution < 1.29 is 4.92 Å². The number of non-ortho nitro benzene ring substituents is 1. The zero-order chi connectivity index (χ0) is 17.8. The van der Waals surface area contributed by atoms with Gasteiger partial charge in [-0.25, -0.2) is 15.0 Å². The maximum Gasteiger partial charge on any atom is 0.269 e. The van der Waals surface area contributed by atoms with E-state index < -0.39 is 4.92 Å². The molecular weight excluding hydrogens is 338 g/mol. The second-order valence-corrected chi connectivity index (χ2v) is 6.53. The Balaban J connectivity index is 1.78. The zero-order valence-corrected chi connectivity index (χ0v) is 14.7. The minimum Gasteiger partial charge on any atom is -0.311 e. The Bertz CT molecular complexity index is 934. The van der Waals surface area contributed by atoms with Gasteiger partial charge in [0, 0.05) is 24.4 Å². The molecule has 0 N–H and O–H groups in total. The first-order valence-electron chi connectivity index (χ1n) is 7.72. The van der Waals surface area contributed by atoms with Crippen LogP contribution in [0.25, 0.3) is 11.2 Å². The number of allylic oxidation sites excluding steroid dienone is 2. The van der Waals surface area contributed by atoms with E-state index in [1.807, 2.05) is 11.5 Å². The molecule has 0 saturated carbocycles. The van der Waals surface area contributed by atoms with Gasteiger partial charge in [0.05, 0.1) is 11.3 Å². The van der Waals surface area contributed by atoms with Gasteiger partial charge in [0.2, 0.25) is 0 Å². The molecule has 2 heterocycles. The van der Waals surface area contributed by atoms with Crippen molar-refractivity contribution in [3.8, 4) is 0 Å². The van der Waals surface area contributed by atoms with Crippen molar-refractivity contribution in [3.63, 3.8) is 0 Å². The Morgan fingerprint density at radius 3 is 2.72 bits per heavy atom. The Kier molecular flexibility index (Phi) is 5.08. The third-order valence-corrected chi connectivity index (χ3v) is 4.85. The summed E-state index contributed by atoms with van der Waals surface area (Å²) in [5.41, 5.74) is 3.90. The molecule has 128 valence electrons. The normalized spacial score (nSPS) is 11.8. The standard InChI is InChI=1S/C17H17N5O2S/c1-3-12(2)8-21-11-20-15-16(21)18-10-19-17(15)25-9-13-4-6-14(7-5-13)22(23)24/h3-7,10-11H,8-9H2,1-2H3/b12-3+. The van der Waals surface area contributed by atoms with E-state index in [4.69, 9.17) is 0 Å². The van der Waals surface area contributed by atoms with Gasteiger partial charge in [-0.2, -0.15) is 0 Å².